The number of furan rings is 1. The molecule has 13 heavy (non-hydrogen) atoms. The Morgan fingerprint density at radius 3 is 2.85 bits per heavy atom. The Labute approximate surface area is 75.1 Å². The van der Waals surface area contributed by atoms with E-state index in [1.807, 2.05) is 0 Å². The Morgan fingerprint density at radius 2 is 2.15 bits per heavy atom. The Kier molecular flexibility index (Phi) is 1.81. The molecule has 0 aliphatic carbocycles. The highest BCUT2D eigenvalue weighted by atomic mass is 19.1. The van der Waals surface area contributed by atoms with Crippen molar-refractivity contribution in [3.05, 3.63) is 35.8 Å². The summed E-state index contributed by atoms with van der Waals surface area (Å²) >= 11 is 0. The van der Waals surface area contributed by atoms with Crippen LogP contribution in [0.5, 0.6) is 0 Å². The fourth-order valence-electron chi connectivity index (χ4n) is 1.45. The molecule has 68 valence electrons. The van der Waals surface area contributed by atoms with E-state index in [-0.39, 0.29) is 11.9 Å². The first-order chi connectivity index (χ1) is 6.20. The van der Waals surface area contributed by atoms with Crippen LogP contribution in [0.2, 0.25) is 0 Å². The second-order valence-electron chi connectivity index (χ2n) is 3.09. The van der Waals surface area contributed by atoms with Crippen molar-refractivity contribution in [3.8, 4) is 0 Å². The fraction of sp³-hybridized carbons (Fsp3) is 0.200. The molecule has 1 unspecified atom stereocenters. The number of hydrogen-bond acceptors (Lipinski definition) is 2. The van der Waals surface area contributed by atoms with E-state index in [2.05, 4.69) is 0 Å². The van der Waals surface area contributed by atoms with Gasteiger partial charge in [-0.25, -0.2) is 4.39 Å². The van der Waals surface area contributed by atoms with Gasteiger partial charge in [-0.3, -0.25) is 0 Å². The number of hydrogen-bond donors (Lipinski definition) is 1. The molecule has 0 saturated heterocycles. The first kappa shape index (κ1) is 8.26. The molecule has 2 nitrogen and oxygen atoms in total. The lowest BCUT2D eigenvalue weighted by molar-refractivity contribution is 0.568. The normalized spacial score (nSPS) is 13.5. The van der Waals surface area contributed by atoms with Crippen LogP contribution >= 0.6 is 0 Å². The molecule has 0 bridgehead atoms. The monoisotopic (exact) mass is 179 g/mol. The van der Waals surface area contributed by atoms with Gasteiger partial charge in [-0.1, -0.05) is 0 Å². The van der Waals surface area contributed by atoms with E-state index in [0.29, 0.717) is 11.1 Å². The van der Waals surface area contributed by atoms with Gasteiger partial charge in [0.15, 0.2) is 0 Å². The van der Waals surface area contributed by atoms with E-state index in [4.69, 9.17) is 10.2 Å². The van der Waals surface area contributed by atoms with Crippen LogP contribution in [0.4, 0.5) is 4.39 Å². The summed E-state index contributed by atoms with van der Waals surface area (Å²) in [6.07, 6.45) is 1.54. The summed E-state index contributed by atoms with van der Waals surface area (Å²) in [6.45, 7) is 1.74. The molecule has 0 spiro atoms. The minimum absolute atomic E-state index is 0.308. The molecule has 1 aromatic carbocycles. The average Bonchev–Trinajstić information content (AvgIpc) is 2.50. The summed E-state index contributed by atoms with van der Waals surface area (Å²) in [6, 6.07) is 4.53. The maximum atomic E-state index is 13.3. The van der Waals surface area contributed by atoms with Gasteiger partial charge in [0, 0.05) is 17.0 Å². The zero-order valence-corrected chi connectivity index (χ0v) is 7.25. The van der Waals surface area contributed by atoms with Crippen molar-refractivity contribution in [2.24, 2.45) is 5.73 Å². The topological polar surface area (TPSA) is 39.2 Å². The quantitative estimate of drug-likeness (QED) is 0.730. The highest BCUT2D eigenvalue weighted by molar-refractivity contribution is 5.80. The van der Waals surface area contributed by atoms with E-state index in [1.54, 1.807) is 19.1 Å². The van der Waals surface area contributed by atoms with Crippen molar-refractivity contribution in [2.75, 3.05) is 0 Å². The van der Waals surface area contributed by atoms with Crippen LogP contribution in [0.25, 0.3) is 11.0 Å². The number of nitrogens with two attached hydrogens (primary N) is 1. The van der Waals surface area contributed by atoms with Crippen molar-refractivity contribution in [1.29, 1.82) is 0 Å². The van der Waals surface area contributed by atoms with E-state index in [0.717, 1.165) is 5.39 Å². The highest BCUT2D eigenvalue weighted by Crippen LogP contribution is 2.26. The van der Waals surface area contributed by atoms with Gasteiger partial charge in [0.2, 0.25) is 0 Å². The molecule has 2 aromatic rings. The third-order valence-electron chi connectivity index (χ3n) is 2.06. The lowest BCUT2D eigenvalue weighted by Crippen LogP contribution is -2.07. The van der Waals surface area contributed by atoms with E-state index < -0.39 is 0 Å². The summed E-state index contributed by atoms with van der Waals surface area (Å²) in [5.41, 5.74) is 6.64. The van der Waals surface area contributed by atoms with Crippen LogP contribution in [0.1, 0.15) is 18.5 Å². The molecule has 3 heteroatoms. The van der Waals surface area contributed by atoms with Crippen LogP contribution in [-0.2, 0) is 0 Å². The molecule has 0 amide bonds. The fourth-order valence-corrected chi connectivity index (χ4v) is 1.45. The third kappa shape index (κ3) is 1.21. The first-order valence-corrected chi connectivity index (χ1v) is 4.11. The van der Waals surface area contributed by atoms with Gasteiger partial charge >= 0.3 is 0 Å². The van der Waals surface area contributed by atoms with Crippen molar-refractivity contribution < 1.29 is 8.81 Å². The van der Waals surface area contributed by atoms with Crippen molar-refractivity contribution >= 4 is 11.0 Å². The molecule has 1 atom stereocenters. The van der Waals surface area contributed by atoms with Gasteiger partial charge in [-0.05, 0) is 25.1 Å². The predicted molar refractivity (Wildman–Crippen MR) is 48.8 cm³/mol. The molecule has 1 heterocycles. The predicted octanol–water partition coefficient (Wildman–Crippen LogP) is 2.59. The standard InChI is InChI=1S/C10H10FNO/c1-6(12)9-8(11)3-2-7-4-5-13-10(7)9/h2-6H,12H2,1H3. The summed E-state index contributed by atoms with van der Waals surface area (Å²) in [5, 5.41) is 0.883. The van der Waals surface area contributed by atoms with Crippen LogP contribution in [0.3, 0.4) is 0 Å². The number of fused-ring (bicyclic) bond motifs is 1. The third-order valence-corrected chi connectivity index (χ3v) is 2.06. The zero-order valence-electron chi connectivity index (χ0n) is 7.25. The minimum Gasteiger partial charge on any atom is -0.464 e. The second kappa shape index (κ2) is 2.85. The molecule has 0 aliphatic heterocycles. The van der Waals surface area contributed by atoms with Crippen LogP contribution in [0, 0.1) is 5.82 Å². The second-order valence-corrected chi connectivity index (χ2v) is 3.09. The highest BCUT2D eigenvalue weighted by Gasteiger charge is 2.13. The Balaban J connectivity index is 2.80. The lowest BCUT2D eigenvalue weighted by atomic mass is 10.1. The maximum absolute atomic E-state index is 13.3. The zero-order chi connectivity index (χ0) is 9.42. The minimum atomic E-state index is -0.352. The van der Waals surface area contributed by atoms with Gasteiger partial charge in [-0.15, -0.1) is 0 Å². The van der Waals surface area contributed by atoms with Crippen molar-refractivity contribution in [2.45, 2.75) is 13.0 Å². The molecule has 0 radical (unpaired) electrons. The molecule has 0 fully saturated rings. The smallest absolute Gasteiger partial charge is 0.141 e. The van der Waals surface area contributed by atoms with Gasteiger partial charge in [0.05, 0.1) is 6.26 Å². The van der Waals surface area contributed by atoms with Gasteiger partial charge < -0.3 is 10.2 Å². The Hall–Kier alpha value is -1.35. The lowest BCUT2D eigenvalue weighted by Gasteiger charge is -2.06. The molecule has 0 aliphatic rings. The van der Waals surface area contributed by atoms with Crippen molar-refractivity contribution in [3.63, 3.8) is 0 Å². The largest absolute Gasteiger partial charge is 0.464 e. The summed E-state index contributed by atoms with van der Waals surface area (Å²) in [4.78, 5) is 0. The molecular formula is C10H10FNO. The van der Waals surface area contributed by atoms with Gasteiger partial charge in [0.25, 0.3) is 0 Å². The van der Waals surface area contributed by atoms with E-state index in [1.165, 1.54) is 12.3 Å². The number of benzene rings is 1. The summed E-state index contributed by atoms with van der Waals surface area (Å²) in [5.74, 6) is -0.308. The molecular weight excluding hydrogens is 169 g/mol. The van der Waals surface area contributed by atoms with E-state index in [9.17, 15) is 4.39 Å². The Bertz CT molecular complexity index is 433. The van der Waals surface area contributed by atoms with Crippen LogP contribution in [-0.4, -0.2) is 0 Å². The average molecular weight is 179 g/mol. The SMILES string of the molecule is CC(N)c1c(F)ccc2ccoc12. The number of halogens is 1. The molecule has 2 rings (SSSR count). The van der Waals surface area contributed by atoms with Crippen molar-refractivity contribution in [1.82, 2.24) is 0 Å². The first-order valence-electron chi connectivity index (χ1n) is 4.11. The van der Waals surface area contributed by atoms with E-state index >= 15 is 0 Å². The molecule has 2 N–H and O–H groups in total. The Morgan fingerprint density at radius 1 is 1.38 bits per heavy atom. The summed E-state index contributed by atoms with van der Waals surface area (Å²) in [7, 11) is 0. The van der Waals surface area contributed by atoms with Gasteiger partial charge in [-0.2, -0.15) is 0 Å². The maximum Gasteiger partial charge on any atom is 0.141 e. The summed E-state index contributed by atoms with van der Waals surface area (Å²) < 4.78 is 18.5. The molecule has 1 aromatic heterocycles. The van der Waals surface area contributed by atoms with Crippen LogP contribution in [0.15, 0.2) is 28.9 Å². The molecule has 0 saturated carbocycles. The van der Waals surface area contributed by atoms with Crippen LogP contribution < -0.4 is 5.73 Å². The van der Waals surface area contributed by atoms with Gasteiger partial charge in [0.1, 0.15) is 11.4 Å². The number of rotatable bonds is 1.